The Morgan fingerprint density at radius 2 is 2.20 bits per heavy atom. The number of likely N-dealkylation sites (N-methyl/N-ethyl adjacent to an activating group) is 1. The zero-order valence-electron chi connectivity index (χ0n) is 9.27. The Kier molecular flexibility index (Phi) is 4.08. The smallest absolute Gasteiger partial charge is 0.305 e. The number of piperazine rings is 1. The largest absolute Gasteiger partial charge is 0.481 e. The second-order valence-electron chi connectivity index (χ2n) is 3.91. The standard InChI is InChI=1S/C10H18N2O3/c1-3-4-12-6-5-11(2)10(15)8(12)7-9(13)14/h8H,3-7H2,1-2H3,(H,13,14)/t8-/m0/s1. The third-order valence-corrected chi connectivity index (χ3v) is 2.70. The van der Waals surface area contributed by atoms with Crippen molar-refractivity contribution in [2.75, 3.05) is 26.7 Å². The second kappa shape index (κ2) is 5.11. The molecule has 1 amide bonds. The van der Waals surface area contributed by atoms with Gasteiger partial charge in [-0.3, -0.25) is 14.5 Å². The van der Waals surface area contributed by atoms with Gasteiger partial charge in [0.15, 0.2) is 0 Å². The number of carboxylic acid groups (broad SMARTS) is 1. The Labute approximate surface area is 89.7 Å². The lowest BCUT2D eigenvalue weighted by Gasteiger charge is -2.38. The third kappa shape index (κ3) is 2.92. The van der Waals surface area contributed by atoms with Crippen molar-refractivity contribution < 1.29 is 14.7 Å². The highest BCUT2D eigenvalue weighted by molar-refractivity contribution is 5.86. The molecule has 1 fully saturated rings. The molecule has 1 aliphatic rings. The first-order chi connectivity index (χ1) is 7.06. The van der Waals surface area contributed by atoms with Crippen LogP contribution in [-0.2, 0) is 9.59 Å². The Balaban J connectivity index is 2.70. The van der Waals surface area contributed by atoms with Crippen LogP contribution in [0.3, 0.4) is 0 Å². The molecular formula is C10H18N2O3. The average molecular weight is 214 g/mol. The van der Waals surface area contributed by atoms with Gasteiger partial charge in [0.1, 0.15) is 0 Å². The van der Waals surface area contributed by atoms with Crippen LogP contribution >= 0.6 is 0 Å². The van der Waals surface area contributed by atoms with Gasteiger partial charge in [0.25, 0.3) is 0 Å². The highest BCUT2D eigenvalue weighted by Gasteiger charge is 2.33. The molecule has 1 heterocycles. The minimum absolute atomic E-state index is 0.0721. The van der Waals surface area contributed by atoms with Gasteiger partial charge in [-0.2, -0.15) is 0 Å². The van der Waals surface area contributed by atoms with Gasteiger partial charge in [0.2, 0.25) is 5.91 Å². The van der Waals surface area contributed by atoms with Crippen LogP contribution in [0.5, 0.6) is 0 Å². The predicted octanol–water partition coefficient (Wildman–Crippen LogP) is 0.0137. The summed E-state index contributed by atoms with van der Waals surface area (Å²) in [7, 11) is 1.72. The first-order valence-electron chi connectivity index (χ1n) is 5.27. The molecular weight excluding hydrogens is 196 g/mol. The minimum Gasteiger partial charge on any atom is -0.481 e. The molecule has 1 atom stereocenters. The van der Waals surface area contributed by atoms with Crippen LogP contribution in [0.25, 0.3) is 0 Å². The molecule has 5 nitrogen and oxygen atoms in total. The molecule has 15 heavy (non-hydrogen) atoms. The fourth-order valence-corrected chi connectivity index (χ4v) is 1.89. The summed E-state index contributed by atoms with van der Waals surface area (Å²) in [6.45, 7) is 4.28. The van der Waals surface area contributed by atoms with Crippen molar-refractivity contribution in [3.05, 3.63) is 0 Å². The molecule has 0 radical (unpaired) electrons. The van der Waals surface area contributed by atoms with Crippen molar-refractivity contribution in [1.82, 2.24) is 9.80 Å². The van der Waals surface area contributed by atoms with E-state index in [4.69, 9.17) is 5.11 Å². The number of aliphatic carboxylic acids is 1. The van der Waals surface area contributed by atoms with Crippen LogP contribution in [0.15, 0.2) is 0 Å². The van der Waals surface area contributed by atoms with Crippen LogP contribution in [-0.4, -0.2) is 59.5 Å². The molecule has 86 valence electrons. The zero-order chi connectivity index (χ0) is 11.4. The summed E-state index contributed by atoms with van der Waals surface area (Å²) in [5.74, 6) is -0.984. The Hall–Kier alpha value is -1.10. The number of hydrogen-bond donors (Lipinski definition) is 1. The van der Waals surface area contributed by atoms with Gasteiger partial charge in [0.05, 0.1) is 12.5 Å². The Morgan fingerprint density at radius 3 is 2.73 bits per heavy atom. The minimum atomic E-state index is -0.912. The summed E-state index contributed by atoms with van der Waals surface area (Å²) in [6.07, 6.45) is 0.844. The van der Waals surface area contributed by atoms with Crippen LogP contribution in [0.4, 0.5) is 0 Å². The quantitative estimate of drug-likeness (QED) is 0.716. The van der Waals surface area contributed by atoms with Gasteiger partial charge in [-0.05, 0) is 13.0 Å². The molecule has 1 N–H and O–H groups in total. The molecule has 0 saturated carbocycles. The normalized spacial score (nSPS) is 23.2. The van der Waals surface area contributed by atoms with Crippen molar-refractivity contribution in [2.45, 2.75) is 25.8 Å². The van der Waals surface area contributed by atoms with Crippen LogP contribution < -0.4 is 0 Å². The fraction of sp³-hybridized carbons (Fsp3) is 0.800. The number of carboxylic acids is 1. The topological polar surface area (TPSA) is 60.9 Å². The first-order valence-corrected chi connectivity index (χ1v) is 5.27. The number of rotatable bonds is 4. The summed E-state index contributed by atoms with van der Waals surface area (Å²) in [5.41, 5.74) is 0. The van der Waals surface area contributed by atoms with Gasteiger partial charge in [0, 0.05) is 20.1 Å². The summed E-state index contributed by atoms with van der Waals surface area (Å²) in [4.78, 5) is 26.0. The monoisotopic (exact) mass is 214 g/mol. The van der Waals surface area contributed by atoms with E-state index in [0.29, 0.717) is 6.54 Å². The van der Waals surface area contributed by atoms with Crippen molar-refractivity contribution in [2.24, 2.45) is 0 Å². The van der Waals surface area contributed by atoms with E-state index in [1.54, 1.807) is 11.9 Å². The number of hydrogen-bond acceptors (Lipinski definition) is 3. The maximum atomic E-state index is 11.8. The van der Waals surface area contributed by atoms with E-state index >= 15 is 0 Å². The predicted molar refractivity (Wildman–Crippen MR) is 55.5 cm³/mol. The van der Waals surface area contributed by atoms with Crippen LogP contribution in [0.2, 0.25) is 0 Å². The van der Waals surface area contributed by atoms with E-state index in [9.17, 15) is 9.59 Å². The summed E-state index contributed by atoms with van der Waals surface area (Å²) >= 11 is 0. The third-order valence-electron chi connectivity index (χ3n) is 2.70. The van der Waals surface area contributed by atoms with Gasteiger partial charge in [-0.1, -0.05) is 6.92 Å². The average Bonchev–Trinajstić information content (AvgIpc) is 2.17. The second-order valence-corrected chi connectivity index (χ2v) is 3.91. The molecule has 0 spiro atoms. The lowest BCUT2D eigenvalue weighted by Crippen LogP contribution is -2.56. The molecule has 0 unspecified atom stereocenters. The molecule has 0 aliphatic carbocycles. The molecule has 1 aliphatic heterocycles. The van der Waals surface area contributed by atoms with Crippen molar-refractivity contribution in [3.63, 3.8) is 0 Å². The van der Waals surface area contributed by atoms with E-state index in [1.807, 2.05) is 11.8 Å². The maximum absolute atomic E-state index is 11.8. The molecule has 1 rings (SSSR count). The highest BCUT2D eigenvalue weighted by atomic mass is 16.4. The Morgan fingerprint density at radius 1 is 1.53 bits per heavy atom. The number of amides is 1. The van der Waals surface area contributed by atoms with Crippen molar-refractivity contribution >= 4 is 11.9 Å². The number of carbonyl (C=O) groups excluding carboxylic acids is 1. The molecule has 0 aromatic heterocycles. The SMILES string of the molecule is CCCN1CCN(C)C(=O)[C@@H]1CC(=O)O. The van der Waals surface area contributed by atoms with Crippen molar-refractivity contribution in [3.8, 4) is 0 Å². The summed E-state index contributed by atoms with van der Waals surface area (Å²) in [6, 6.07) is -0.471. The lowest BCUT2D eigenvalue weighted by molar-refractivity contribution is -0.148. The van der Waals surface area contributed by atoms with E-state index in [-0.39, 0.29) is 12.3 Å². The highest BCUT2D eigenvalue weighted by Crippen LogP contribution is 2.13. The van der Waals surface area contributed by atoms with Crippen molar-refractivity contribution in [1.29, 1.82) is 0 Å². The number of carbonyl (C=O) groups is 2. The van der Waals surface area contributed by atoms with E-state index < -0.39 is 12.0 Å². The van der Waals surface area contributed by atoms with E-state index in [2.05, 4.69) is 0 Å². The molecule has 0 aromatic rings. The zero-order valence-corrected chi connectivity index (χ0v) is 9.27. The number of nitrogens with zero attached hydrogens (tertiary/aromatic N) is 2. The van der Waals surface area contributed by atoms with Gasteiger partial charge in [-0.25, -0.2) is 0 Å². The fourth-order valence-electron chi connectivity index (χ4n) is 1.89. The first kappa shape index (κ1) is 12.0. The molecule has 0 bridgehead atoms. The summed E-state index contributed by atoms with van der Waals surface area (Å²) < 4.78 is 0. The molecule has 1 saturated heterocycles. The van der Waals surface area contributed by atoms with E-state index in [0.717, 1.165) is 19.5 Å². The van der Waals surface area contributed by atoms with Gasteiger partial charge < -0.3 is 10.0 Å². The van der Waals surface area contributed by atoms with Crippen LogP contribution in [0, 0.1) is 0 Å². The molecule has 5 heteroatoms. The maximum Gasteiger partial charge on any atom is 0.305 e. The summed E-state index contributed by atoms with van der Waals surface area (Å²) in [5, 5.41) is 8.76. The Bertz CT molecular complexity index is 255. The van der Waals surface area contributed by atoms with Gasteiger partial charge >= 0.3 is 5.97 Å². The van der Waals surface area contributed by atoms with E-state index in [1.165, 1.54) is 0 Å². The van der Waals surface area contributed by atoms with Gasteiger partial charge in [-0.15, -0.1) is 0 Å². The molecule has 0 aromatic carbocycles. The van der Waals surface area contributed by atoms with Crippen LogP contribution in [0.1, 0.15) is 19.8 Å². The lowest BCUT2D eigenvalue weighted by atomic mass is 10.1.